The topological polar surface area (TPSA) is 70.7 Å². The smallest absolute Gasteiger partial charge is 0.143 e. The minimum Gasteiger partial charge on any atom is -0.496 e. The Morgan fingerprint density at radius 1 is 0.933 bits per heavy atom. The van der Waals surface area contributed by atoms with Gasteiger partial charge in [-0.1, -0.05) is 36.4 Å². The van der Waals surface area contributed by atoms with E-state index in [1.54, 1.807) is 14.2 Å². The molecular formula is C37H50N2O6. The number of rotatable bonds is 16. The molecule has 45 heavy (non-hydrogen) atoms. The molecule has 0 bridgehead atoms. The molecule has 5 rings (SSSR count). The lowest BCUT2D eigenvalue weighted by Crippen LogP contribution is -2.47. The van der Waals surface area contributed by atoms with E-state index in [1.165, 1.54) is 5.56 Å². The molecule has 8 nitrogen and oxygen atoms in total. The molecule has 8 heteroatoms. The number of methoxy groups -OCH3 is 2. The minimum absolute atomic E-state index is 0.0925. The fourth-order valence-corrected chi connectivity index (χ4v) is 6.22. The van der Waals surface area contributed by atoms with Gasteiger partial charge in [0.1, 0.15) is 22.8 Å². The van der Waals surface area contributed by atoms with Crippen molar-refractivity contribution < 1.29 is 28.4 Å². The van der Waals surface area contributed by atoms with Crippen molar-refractivity contribution in [1.29, 1.82) is 0 Å². The summed E-state index contributed by atoms with van der Waals surface area (Å²) in [5.74, 6) is 3.00. The summed E-state index contributed by atoms with van der Waals surface area (Å²) in [6.07, 6.45) is 2.92. The van der Waals surface area contributed by atoms with Crippen molar-refractivity contribution in [1.82, 2.24) is 5.32 Å². The van der Waals surface area contributed by atoms with Gasteiger partial charge in [-0.2, -0.15) is 0 Å². The molecule has 2 unspecified atom stereocenters. The Morgan fingerprint density at radius 2 is 1.78 bits per heavy atom. The molecule has 2 heterocycles. The number of hydrogen-bond donors (Lipinski definition) is 1. The van der Waals surface area contributed by atoms with Crippen LogP contribution in [0.15, 0.2) is 66.7 Å². The average Bonchev–Trinajstić information content (AvgIpc) is 3.05. The molecule has 1 saturated heterocycles. The van der Waals surface area contributed by atoms with Crippen LogP contribution in [0.2, 0.25) is 0 Å². The first-order chi connectivity index (χ1) is 22.0. The zero-order valence-corrected chi connectivity index (χ0v) is 27.4. The number of anilines is 1. The number of nitrogens with zero attached hydrogens (tertiary/aromatic N) is 1. The van der Waals surface area contributed by atoms with E-state index < -0.39 is 0 Å². The summed E-state index contributed by atoms with van der Waals surface area (Å²) in [6.45, 7) is 11.0. The van der Waals surface area contributed by atoms with E-state index in [-0.39, 0.29) is 11.7 Å². The lowest BCUT2D eigenvalue weighted by molar-refractivity contribution is 0.0105. The Balaban J connectivity index is 1.10. The van der Waals surface area contributed by atoms with Gasteiger partial charge in [0.15, 0.2) is 0 Å². The number of nitrogens with one attached hydrogen (secondary N) is 1. The second-order valence-electron chi connectivity index (χ2n) is 12.5. The maximum atomic E-state index is 6.59. The number of piperidine rings is 1. The number of ether oxygens (including phenoxy) is 6. The summed E-state index contributed by atoms with van der Waals surface area (Å²) in [5, 5.41) is 3.53. The van der Waals surface area contributed by atoms with Crippen LogP contribution >= 0.6 is 0 Å². The van der Waals surface area contributed by atoms with Gasteiger partial charge in [0.2, 0.25) is 0 Å². The molecule has 0 spiro atoms. The molecule has 2 atom stereocenters. The molecule has 2 aliphatic rings. The molecule has 0 aromatic heterocycles. The van der Waals surface area contributed by atoms with E-state index in [1.807, 2.05) is 24.3 Å². The summed E-state index contributed by atoms with van der Waals surface area (Å²) in [6, 6.07) is 22.9. The molecule has 0 aliphatic carbocycles. The van der Waals surface area contributed by atoms with Crippen LogP contribution in [-0.4, -0.2) is 71.9 Å². The molecule has 0 amide bonds. The molecule has 3 aromatic rings. The van der Waals surface area contributed by atoms with Crippen molar-refractivity contribution in [3.63, 3.8) is 0 Å². The molecule has 244 valence electrons. The first-order valence-electron chi connectivity index (χ1n) is 16.3. The summed E-state index contributed by atoms with van der Waals surface area (Å²) in [7, 11) is 3.44. The summed E-state index contributed by atoms with van der Waals surface area (Å²) in [4.78, 5) is 2.42. The lowest BCUT2D eigenvalue weighted by atomic mass is 9.87. The third kappa shape index (κ3) is 9.36. The van der Waals surface area contributed by atoms with E-state index in [9.17, 15) is 0 Å². The summed E-state index contributed by atoms with van der Waals surface area (Å²) >= 11 is 0. The highest BCUT2D eigenvalue weighted by atomic mass is 16.5. The van der Waals surface area contributed by atoms with Crippen molar-refractivity contribution in [2.24, 2.45) is 0 Å². The normalized spacial score (nSPS) is 19.1. The van der Waals surface area contributed by atoms with Crippen LogP contribution in [-0.2, 0) is 27.4 Å². The fourth-order valence-electron chi connectivity index (χ4n) is 6.22. The zero-order chi connectivity index (χ0) is 31.5. The summed E-state index contributed by atoms with van der Waals surface area (Å²) < 4.78 is 35.4. The molecular weight excluding hydrogens is 568 g/mol. The largest absolute Gasteiger partial charge is 0.496 e. The van der Waals surface area contributed by atoms with E-state index in [0.29, 0.717) is 32.3 Å². The monoisotopic (exact) mass is 618 g/mol. The van der Waals surface area contributed by atoms with Crippen LogP contribution in [0, 0.1) is 0 Å². The van der Waals surface area contributed by atoms with Gasteiger partial charge in [0.25, 0.3) is 0 Å². The second-order valence-corrected chi connectivity index (χ2v) is 12.5. The van der Waals surface area contributed by atoms with Gasteiger partial charge in [-0.05, 0) is 74.7 Å². The summed E-state index contributed by atoms with van der Waals surface area (Å²) in [5.41, 5.74) is 4.42. The Labute approximate surface area is 268 Å². The Kier molecular flexibility index (Phi) is 12.0. The van der Waals surface area contributed by atoms with Crippen molar-refractivity contribution >= 4 is 5.69 Å². The van der Waals surface area contributed by atoms with Crippen LogP contribution < -0.4 is 24.4 Å². The van der Waals surface area contributed by atoms with Crippen molar-refractivity contribution in [3.8, 4) is 17.2 Å². The van der Waals surface area contributed by atoms with Crippen LogP contribution in [0.3, 0.4) is 0 Å². The zero-order valence-electron chi connectivity index (χ0n) is 27.4. The molecule has 0 saturated carbocycles. The molecule has 2 aliphatic heterocycles. The van der Waals surface area contributed by atoms with Gasteiger partial charge in [-0.25, -0.2) is 0 Å². The van der Waals surface area contributed by atoms with Gasteiger partial charge in [-0.15, -0.1) is 0 Å². The lowest BCUT2D eigenvalue weighted by Gasteiger charge is -2.41. The van der Waals surface area contributed by atoms with E-state index in [0.717, 1.165) is 86.1 Å². The van der Waals surface area contributed by atoms with Crippen molar-refractivity contribution in [3.05, 3.63) is 83.4 Å². The number of hydrogen-bond acceptors (Lipinski definition) is 8. The Bertz CT molecular complexity index is 1330. The first-order valence-corrected chi connectivity index (χ1v) is 16.3. The molecule has 0 radical (unpaired) electrons. The van der Waals surface area contributed by atoms with Crippen LogP contribution in [0.1, 0.15) is 55.7 Å². The molecule has 1 fully saturated rings. The molecule has 1 N–H and O–H groups in total. The van der Waals surface area contributed by atoms with Crippen molar-refractivity contribution in [2.45, 2.75) is 63.9 Å². The highest BCUT2D eigenvalue weighted by Crippen LogP contribution is 2.38. The standard InChI is InChI=1S/C37H50N2O6/c1-37(2)27-39(19-7-20-40-3)33-23-28(11-16-35(33)45-37)25-44-36-24-38-18-17-32(36)29-12-14-31(15-13-29)43-22-8-21-42-26-30-9-5-6-10-34(30)41-4/h5-6,9-16,23,32,36,38H,7-8,17-22,24-27H2,1-4H3. The first kappa shape index (κ1) is 33.1. The van der Waals surface area contributed by atoms with E-state index >= 15 is 0 Å². The van der Waals surface area contributed by atoms with Gasteiger partial charge in [-0.3, -0.25) is 0 Å². The minimum atomic E-state index is -0.230. The van der Waals surface area contributed by atoms with Crippen LogP contribution in [0.5, 0.6) is 17.2 Å². The maximum Gasteiger partial charge on any atom is 0.143 e. The van der Waals surface area contributed by atoms with E-state index in [2.05, 4.69) is 66.5 Å². The van der Waals surface area contributed by atoms with Gasteiger partial charge < -0.3 is 38.6 Å². The second kappa shape index (κ2) is 16.3. The molecule has 3 aromatic carbocycles. The number of benzene rings is 3. The highest BCUT2D eigenvalue weighted by molar-refractivity contribution is 5.62. The van der Waals surface area contributed by atoms with E-state index in [4.69, 9.17) is 28.4 Å². The van der Waals surface area contributed by atoms with Gasteiger partial charge in [0, 0.05) is 44.7 Å². The SMILES string of the molecule is COCCCN1CC(C)(C)Oc2ccc(COC3CNCCC3c3ccc(OCCCOCc4ccccc4OC)cc3)cc21. The fraction of sp³-hybridized carbons (Fsp3) is 0.514. The van der Waals surface area contributed by atoms with Crippen molar-refractivity contribution in [2.75, 3.05) is 65.1 Å². The maximum absolute atomic E-state index is 6.59. The predicted octanol–water partition coefficient (Wildman–Crippen LogP) is 6.36. The number of para-hydroxylation sites is 1. The Hall–Kier alpha value is -3.30. The quantitative estimate of drug-likeness (QED) is 0.186. The van der Waals surface area contributed by atoms with Crippen LogP contribution in [0.4, 0.5) is 5.69 Å². The number of fused-ring (bicyclic) bond motifs is 1. The van der Waals surface area contributed by atoms with Crippen LogP contribution in [0.25, 0.3) is 0 Å². The highest BCUT2D eigenvalue weighted by Gasteiger charge is 2.32. The third-order valence-corrected chi connectivity index (χ3v) is 8.45. The Morgan fingerprint density at radius 3 is 2.60 bits per heavy atom. The third-order valence-electron chi connectivity index (χ3n) is 8.45. The van der Waals surface area contributed by atoms with Gasteiger partial charge in [0.05, 0.1) is 51.9 Å². The predicted molar refractivity (Wildman–Crippen MR) is 178 cm³/mol. The average molecular weight is 619 g/mol. The van der Waals surface area contributed by atoms with Gasteiger partial charge >= 0.3 is 0 Å².